The lowest BCUT2D eigenvalue weighted by Crippen LogP contribution is -2.54. The fourth-order valence-corrected chi connectivity index (χ4v) is 5.31. The van der Waals surface area contributed by atoms with Crippen LogP contribution in [0.3, 0.4) is 0 Å². The summed E-state index contributed by atoms with van der Waals surface area (Å²) in [5.41, 5.74) is -0.135. The Morgan fingerprint density at radius 2 is 1.54 bits per heavy atom. The van der Waals surface area contributed by atoms with Crippen LogP contribution in [0, 0.1) is 5.82 Å². The molecular weight excluding hydrogens is 521 g/mol. The number of nitrogens with zero attached hydrogens (tertiary/aromatic N) is 2. The zero-order valence-corrected chi connectivity index (χ0v) is 23.5. The molecule has 0 saturated heterocycles. The molecule has 0 fully saturated rings. The van der Waals surface area contributed by atoms with Crippen LogP contribution in [-0.2, 0) is 26.2 Å². The van der Waals surface area contributed by atoms with Crippen LogP contribution in [0.5, 0.6) is 5.75 Å². The van der Waals surface area contributed by atoms with Crippen molar-refractivity contribution < 1.29 is 27.1 Å². The van der Waals surface area contributed by atoms with E-state index in [-0.39, 0.29) is 17.1 Å². The van der Waals surface area contributed by atoms with Gasteiger partial charge in [0.05, 0.1) is 17.7 Å². The third-order valence-electron chi connectivity index (χ3n) is 5.91. The van der Waals surface area contributed by atoms with Crippen LogP contribution in [0.1, 0.15) is 33.3 Å². The van der Waals surface area contributed by atoms with E-state index in [1.165, 1.54) is 42.3 Å². The van der Waals surface area contributed by atoms with Crippen molar-refractivity contribution in [1.82, 2.24) is 10.2 Å². The summed E-state index contributed by atoms with van der Waals surface area (Å²) < 4.78 is 48.2. The van der Waals surface area contributed by atoms with E-state index >= 15 is 0 Å². The van der Waals surface area contributed by atoms with Gasteiger partial charge in [0.1, 0.15) is 24.2 Å². The van der Waals surface area contributed by atoms with E-state index in [0.29, 0.717) is 11.3 Å². The van der Waals surface area contributed by atoms with Gasteiger partial charge < -0.3 is 15.0 Å². The molecule has 0 bridgehead atoms. The summed E-state index contributed by atoms with van der Waals surface area (Å²) in [5.74, 6) is -1.27. The average Bonchev–Trinajstić information content (AvgIpc) is 2.90. The summed E-state index contributed by atoms with van der Waals surface area (Å²) in [6.07, 6.45) is 0. The number of ether oxygens (including phenoxy) is 1. The van der Waals surface area contributed by atoms with Crippen LogP contribution in [0.2, 0.25) is 0 Å². The van der Waals surface area contributed by atoms with Crippen molar-refractivity contribution in [3.8, 4) is 5.75 Å². The fraction of sp³-hybridized carbons (Fsp3) is 0.310. The molecule has 208 valence electrons. The topological polar surface area (TPSA) is 96.0 Å². The Balaban J connectivity index is 2.03. The number of benzene rings is 3. The third kappa shape index (κ3) is 7.57. The number of hydrogen-bond donors (Lipinski definition) is 1. The summed E-state index contributed by atoms with van der Waals surface area (Å²) in [6.45, 7) is 6.32. The molecule has 0 radical (unpaired) electrons. The predicted molar refractivity (Wildman–Crippen MR) is 148 cm³/mol. The Morgan fingerprint density at radius 3 is 2.10 bits per heavy atom. The minimum atomic E-state index is -4.33. The molecule has 0 spiro atoms. The number of nitrogens with one attached hydrogen (secondary N) is 1. The van der Waals surface area contributed by atoms with Crippen molar-refractivity contribution in [2.45, 2.75) is 50.7 Å². The van der Waals surface area contributed by atoms with E-state index in [4.69, 9.17) is 4.74 Å². The molecule has 0 aliphatic carbocycles. The number of methoxy groups -OCH3 is 1. The van der Waals surface area contributed by atoms with Gasteiger partial charge in [0, 0.05) is 12.1 Å². The zero-order chi connectivity index (χ0) is 28.8. The first-order valence-corrected chi connectivity index (χ1v) is 13.8. The van der Waals surface area contributed by atoms with Crippen LogP contribution in [-0.4, -0.2) is 50.4 Å². The van der Waals surface area contributed by atoms with Gasteiger partial charge in [0.15, 0.2) is 0 Å². The molecule has 0 aromatic heterocycles. The second-order valence-electron chi connectivity index (χ2n) is 10.1. The number of amides is 2. The van der Waals surface area contributed by atoms with E-state index in [2.05, 4.69) is 5.32 Å². The first-order chi connectivity index (χ1) is 18.3. The molecular formula is C29H34FN3O5S. The quantitative estimate of drug-likeness (QED) is 0.401. The standard InChI is InChI=1S/C29H34FN3O5S/c1-21(28(35)31-29(2,3)4)32(19-22-15-17-23(38-5)18-16-22)27(34)20-33(26-14-10-9-13-25(26)30)39(36,37)24-11-7-6-8-12-24/h6-18,21H,19-20H2,1-5H3,(H,31,35)/t21-/m0/s1. The van der Waals surface area contributed by atoms with Crippen molar-refractivity contribution in [2.75, 3.05) is 18.0 Å². The lowest BCUT2D eigenvalue weighted by atomic mass is 10.1. The van der Waals surface area contributed by atoms with Crippen LogP contribution in [0.15, 0.2) is 83.8 Å². The molecule has 0 aliphatic heterocycles. The van der Waals surface area contributed by atoms with E-state index in [1.54, 1.807) is 49.4 Å². The second-order valence-corrected chi connectivity index (χ2v) is 11.9. The predicted octanol–water partition coefficient (Wildman–Crippen LogP) is 4.36. The molecule has 0 aliphatic rings. The van der Waals surface area contributed by atoms with Gasteiger partial charge in [-0.15, -0.1) is 0 Å². The number of rotatable bonds is 10. The molecule has 10 heteroatoms. The Bertz CT molecular complexity index is 1390. The molecule has 2 amide bonds. The highest BCUT2D eigenvalue weighted by Crippen LogP contribution is 2.27. The van der Waals surface area contributed by atoms with Crippen molar-refractivity contribution in [2.24, 2.45) is 0 Å². The summed E-state index contributed by atoms with van der Waals surface area (Å²) in [4.78, 5) is 28.1. The number of carbonyl (C=O) groups is 2. The maximum Gasteiger partial charge on any atom is 0.264 e. The molecule has 3 aromatic rings. The van der Waals surface area contributed by atoms with Gasteiger partial charge in [-0.25, -0.2) is 12.8 Å². The van der Waals surface area contributed by atoms with Gasteiger partial charge >= 0.3 is 0 Å². The second kappa shape index (κ2) is 12.3. The summed E-state index contributed by atoms with van der Waals surface area (Å²) in [5, 5.41) is 2.86. The monoisotopic (exact) mass is 555 g/mol. The van der Waals surface area contributed by atoms with Crippen LogP contribution >= 0.6 is 0 Å². The van der Waals surface area contributed by atoms with E-state index < -0.39 is 45.8 Å². The number of carbonyl (C=O) groups excluding carboxylic acids is 2. The first-order valence-electron chi connectivity index (χ1n) is 12.4. The fourth-order valence-electron chi connectivity index (χ4n) is 3.87. The van der Waals surface area contributed by atoms with Crippen molar-refractivity contribution in [3.63, 3.8) is 0 Å². The summed E-state index contributed by atoms with van der Waals surface area (Å²) >= 11 is 0. The first kappa shape index (κ1) is 29.6. The lowest BCUT2D eigenvalue weighted by Gasteiger charge is -2.33. The molecule has 0 saturated carbocycles. The molecule has 3 aromatic carbocycles. The molecule has 1 N–H and O–H groups in total. The number of para-hydroxylation sites is 1. The van der Waals surface area contributed by atoms with Gasteiger partial charge in [-0.3, -0.25) is 13.9 Å². The maximum atomic E-state index is 14.9. The van der Waals surface area contributed by atoms with Gasteiger partial charge in [-0.2, -0.15) is 0 Å². The normalized spacial score (nSPS) is 12.4. The minimum Gasteiger partial charge on any atom is -0.497 e. The molecule has 3 rings (SSSR count). The van der Waals surface area contributed by atoms with Gasteiger partial charge in [-0.05, 0) is 69.7 Å². The molecule has 8 nitrogen and oxygen atoms in total. The summed E-state index contributed by atoms with van der Waals surface area (Å²) in [7, 11) is -2.80. The number of anilines is 1. The highest BCUT2D eigenvalue weighted by atomic mass is 32.2. The SMILES string of the molecule is COc1ccc(CN(C(=O)CN(c2ccccc2F)S(=O)(=O)c2ccccc2)[C@@H](C)C(=O)NC(C)(C)C)cc1. The van der Waals surface area contributed by atoms with E-state index in [0.717, 1.165) is 10.4 Å². The van der Waals surface area contributed by atoms with Crippen LogP contribution in [0.4, 0.5) is 10.1 Å². The maximum absolute atomic E-state index is 14.9. The van der Waals surface area contributed by atoms with Gasteiger partial charge in [-0.1, -0.05) is 42.5 Å². The van der Waals surface area contributed by atoms with Crippen molar-refractivity contribution >= 4 is 27.5 Å². The average molecular weight is 556 g/mol. The van der Waals surface area contributed by atoms with E-state index in [9.17, 15) is 22.4 Å². The molecule has 39 heavy (non-hydrogen) atoms. The number of sulfonamides is 1. The Kier molecular flexibility index (Phi) is 9.34. The van der Waals surface area contributed by atoms with Gasteiger partial charge in [0.2, 0.25) is 11.8 Å². The largest absolute Gasteiger partial charge is 0.497 e. The highest BCUT2D eigenvalue weighted by Gasteiger charge is 2.34. The molecule has 0 unspecified atom stereocenters. The number of halogens is 1. The number of hydrogen-bond acceptors (Lipinski definition) is 5. The molecule has 0 heterocycles. The summed E-state index contributed by atoms with van der Waals surface area (Å²) in [6, 6.07) is 18.8. The Morgan fingerprint density at radius 1 is 0.949 bits per heavy atom. The van der Waals surface area contributed by atoms with Crippen molar-refractivity contribution in [1.29, 1.82) is 0 Å². The van der Waals surface area contributed by atoms with Gasteiger partial charge in [0.25, 0.3) is 10.0 Å². The van der Waals surface area contributed by atoms with Crippen LogP contribution in [0.25, 0.3) is 0 Å². The zero-order valence-electron chi connectivity index (χ0n) is 22.7. The smallest absolute Gasteiger partial charge is 0.264 e. The van der Waals surface area contributed by atoms with E-state index in [1.807, 2.05) is 20.8 Å². The highest BCUT2D eigenvalue weighted by molar-refractivity contribution is 7.92. The Hall–Kier alpha value is -3.92. The third-order valence-corrected chi connectivity index (χ3v) is 7.68. The Labute approximate surface area is 229 Å². The molecule has 1 atom stereocenters. The minimum absolute atomic E-state index is 0.0120. The van der Waals surface area contributed by atoms with Crippen LogP contribution < -0.4 is 14.4 Å². The van der Waals surface area contributed by atoms with Crippen molar-refractivity contribution in [3.05, 3.63) is 90.2 Å². The lowest BCUT2D eigenvalue weighted by molar-refractivity contribution is -0.140.